The number of ether oxygens (including phenoxy) is 1. The summed E-state index contributed by atoms with van der Waals surface area (Å²) in [5.41, 5.74) is 6.77. The standard InChI is InChI=1S/C26H24N2O5/c27-24(30)16-15-23(29)22(28-25(31)19-7-3-1-4-8-19)17-18-11-13-21(14-12-18)33-26(32)20-9-5-2-6-10-20/h1-14,22H,15-17H2,(H2,27,30)(H,28,31). The van der Waals surface area contributed by atoms with Crippen molar-refractivity contribution < 1.29 is 23.9 Å². The lowest BCUT2D eigenvalue weighted by molar-refractivity contribution is -0.124. The SMILES string of the molecule is NC(=O)CCC(=O)C(Cc1ccc(OC(=O)c2ccccc2)cc1)NC(=O)c1ccccc1. The Hall–Kier alpha value is -4.26. The van der Waals surface area contributed by atoms with Crippen molar-refractivity contribution in [3.05, 3.63) is 102 Å². The Kier molecular flexibility index (Phi) is 8.07. The van der Waals surface area contributed by atoms with Crippen LogP contribution in [0.5, 0.6) is 5.75 Å². The van der Waals surface area contributed by atoms with Crippen LogP contribution in [0, 0.1) is 0 Å². The van der Waals surface area contributed by atoms with E-state index in [2.05, 4.69) is 5.32 Å². The third-order valence-electron chi connectivity index (χ3n) is 4.93. The fourth-order valence-corrected chi connectivity index (χ4v) is 3.17. The van der Waals surface area contributed by atoms with Crippen molar-refractivity contribution in [2.75, 3.05) is 0 Å². The van der Waals surface area contributed by atoms with Crippen molar-refractivity contribution in [1.29, 1.82) is 0 Å². The molecule has 0 aliphatic rings. The molecule has 0 aliphatic carbocycles. The van der Waals surface area contributed by atoms with Crippen LogP contribution < -0.4 is 15.8 Å². The molecule has 1 atom stereocenters. The molecule has 0 aliphatic heterocycles. The van der Waals surface area contributed by atoms with Crippen molar-refractivity contribution >= 4 is 23.6 Å². The summed E-state index contributed by atoms with van der Waals surface area (Å²) in [7, 11) is 0. The number of benzene rings is 3. The number of rotatable bonds is 10. The van der Waals surface area contributed by atoms with E-state index >= 15 is 0 Å². The van der Waals surface area contributed by atoms with Crippen LogP contribution in [0.1, 0.15) is 39.1 Å². The van der Waals surface area contributed by atoms with Gasteiger partial charge in [0.05, 0.1) is 11.6 Å². The molecular formula is C26H24N2O5. The zero-order chi connectivity index (χ0) is 23.6. The number of nitrogens with one attached hydrogen (secondary N) is 1. The maximum atomic E-state index is 12.7. The maximum absolute atomic E-state index is 12.7. The molecule has 0 heterocycles. The molecule has 0 aromatic heterocycles. The van der Waals surface area contributed by atoms with E-state index in [0.717, 1.165) is 5.56 Å². The lowest BCUT2D eigenvalue weighted by Crippen LogP contribution is -2.42. The first-order chi connectivity index (χ1) is 15.9. The van der Waals surface area contributed by atoms with Gasteiger partial charge >= 0.3 is 5.97 Å². The number of nitrogens with two attached hydrogens (primary N) is 1. The van der Waals surface area contributed by atoms with Gasteiger partial charge in [0, 0.05) is 18.4 Å². The highest BCUT2D eigenvalue weighted by Gasteiger charge is 2.22. The molecule has 7 heteroatoms. The number of Topliss-reactive ketones (excluding diaryl/α,β-unsaturated/α-hetero) is 1. The van der Waals surface area contributed by atoms with Crippen LogP contribution in [0.25, 0.3) is 0 Å². The van der Waals surface area contributed by atoms with E-state index < -0.39 is 17.9 Å². The topological polar surface area (TPSA) is 116 Å². The van der Waals surface area contributed by atoms with E-state index in [4.69, 9.17) is 10.5 Å². The molecule has 2 amide bonds. The summed E-state index contributed by atoms with van der Waals surface area (Å²) in [6.45, 7) is 0. The monoisotopic (exact) mass is 444 g/mol. The summed E-state index contributed by atoms with van der Waals surface area (Å²) in [4.78, 5) is 48.6. The number of amides is 2. The van der Waals surface area contributed by atoms with Gasteiger partial charge in [0.1, 0.15) is 5.75 Å². The number of hydrogen-bond donors (Lipinski definition) is 2. The number of carbonyl (C=O) groups is 4. The van der Waals surface area contributed by atoms with E-state index in [0.29, 0.717) is 16.9 Å². The highest BCUT2D eigenvalue weighted by molar-refractivity contribution is 5.98. The second-order valence-electron chi connectivity index (χ2n) is 7.43. The van der Waals surface area contributed by atoms with Gasteiger partial charge in [-0.25, -0.2) is 4.79 Å². The number of carbonyl (C=O) groups excluding carboxylic acids is 4. The number of primary amides is 1. The first kappa shape index (κ1) is 23.4. The third-order valence-corrected chi connectivity index (χ3v) is 4.93. The van der Waals surface area contributed by atoms with Crippen LogP contribution in [-0.4, -0.2) is 29.6 Å². The Labute approximate surface area is 191 Å². The Morgan fingerprint density at radius 2 is 1.33 bits per heavy atom. The van der Waals surface area contributed by atoms with Gasteiger partial charge in [0.25, 0.3) is 5.91 Å². The van der Waals surface area contributed by atoms with E-state index in [9.17, 15) is 19.2 Å². The van der Waals surface area contributed by atoms with Crippen LogP contribution in [-0.2, 0) is 16.0 Å². The minimum absolute atomic E-state index is 0.0676. The van der Waals surface area contributed by atoms with E-state index in [1.807, 2.05) is 6.07 Å². The molecule has 0 spiro atoms. The molecule has 3 aromatic rings. The third kappa shape index (κ3) is 7.14. The van der Waals surface area contributed by atoms with Gasteiger partial charge in [0.2, 0.25) is 5.91 Å². The quantitative estimate of drug-likeness (QED) is 0.368. The van der Waals surface area contributed by atoms with E-state index in [-0.39, 0.29) is 31.0 Å². The van der Waals surface area contributed by atoms with Crippen LogP contribution in [0.15, 0.2) is 84.9 Å². The molecule has 0 saturated heterocycles. The maximum Gasteiger partial charge on any atom is 0.343 e. The van der Waals surface area contributed by atoms with Crippen LogP contribution in [0.4, 0.5) is 0 Å². The average Bonchev–Trinajstić information content (AvgIpc) is 2.84. The molecule has 1 unspecified atom stereocenters. The predicted octanol–water partition coefficient (Wildman–Crippen LogP) is 3.08. The highest BCUT2D eigenvalue weighted by Crippen LogP contribution is 2.16. The van der Waals surface area contributed by atoms with Crippen LogP contribution >= 0.6 is 0 Å². The molecule has 7 nitrogen and oxygen atoms in total. The fraction of sp³-hybridized carbons (Fsp3) is 0.154. The van der Waals surface area contributed by atoms with E-state index in [1.165, 1.54) is 0 Å². The second kappa shape index (κ2) is 11.4. The lowest BCUT2D eigenvalue weighted by atomic mass is 9.99. The Morgan fingerprint density at radius 3 is 1.91 bits per heavy atom. The largest absolute Gasteiger partial charge is 0.423 e. The zero-order valence-corrected chi connectivity index (χ0v) is 17.9. The highest BCUT2D eigenvalue weighted by atomic mass is 16.5. The molecule has 0 fully saturated rings. The molecule has 3 rings (SSSR count). The van der Waals surface area contributed by atoms with Crippen LogP contribution in [0.3, 0.4) is 0 Å². The normalized spacial score (nSPS) is 11.3. The smallest absolute Gasteiger partial charge is 0.343 e. The zero-order valence-electron chi connectivity index (χ0n) is 17.9. The molecule has 0 radical (unpaired) electrons. The molecule has 0 bridgehead atoms. The summed E-state index contributed by atoms with van der Waals surface area (Å²) >= 11 is 0. The van der Waals surface area contributed by atoms with Gasteiger partial charge in [-0.1, -0.05) is 48.5 Å². The minimum Gasteiger partial charge on any atom is -0.423 e. The molecule has 3 aromatic carbocycles. The number of esters is 1. The van der Waals surface area contributed by atoms with Crippen molar-refractivity contribution in [2.24, 2.45) is 5.73 Å². The Balaban J connectivity index is 1.69. The average molecular weight is 444 g/mol. The fourth-order valence-electron chi connectivity index (χ4n) is 3.17. The molecule has 3 N–H and O–H groups in total. The Bertz CT molecular complexity index is 1110. The minimum atomic E-state index is -0.838. The summed E-state index contributed by atoms with van der Waals surface area (Å²) in [6, 6.07) is 23.0. The summed E-state index contributed by atoms with van der Waals surface area (Å²) < 4.78 is 5.37. The first-order valence-electron chi connectivity index (χ1n) is 10.5. The van der Waals surface area contributed by atoms with Gasteiger partial charge in [0.15, 0.2) is 5.78 Å². The Morgan fingerprint density at radius 1 is 0.758 bits per heavy atom. The predicted molar refractivity (Wildman–Crippen MR) is 123 cm³/mol. The number of hydrogen-bond acceptors (Lipinski definition) is 5. The summed E-state index contributed by atoms with van der Waals surface area (Å²) in [5.74, 6) is -1.38. The van der Waals surface area contributed by atoms with Crippen molar-refractivity contribution in [3.8, 4) is 5.75 Å². The van der Waals surface area contributed by atoms with E-state index in [1.54, 1.807) is 78.9 Å². The van der Waals surface area contributed by atoms with Gasteiger partial charge in [-0.3, -0.25) is 14.4 Å². The lowest BCUT2D eigenvalue weighted by Gasteiger charge is -2.18. The van der Waals surface area contributed by atoms with Crippen LogP contribution in [0.2, 0.25) is 0 Å². The molecule has 33 heavy (non-hydrogen) atoms. The van der Waals surface area contributed by atoms with Gasteiger partial charge in [-0.15, -0.1) is 0 Å². The second-order valence-corrected chi connectivity index (χ2v) is 7.43. The van der Waals surface area contributed by atoms with Crippen molar-refractivity contribution in [2.45, 2.75) is 25.3 Å². The molecular weight excluding hydrogens is 420 g/mol. The first-order valence-corrected chi connectivity index (χ1v) is 10.5. The molecule has 0 saturated carbocycles. The van der Waals surface area contributed by atoms with Gasteiger partial charge in [-0.05, 0) is 48.4 Å². The van der Waals surface area contributed by atoms with Gasteiger partial charge < -0.3 is 15.8 Å². The van der Waals surface area contributed by atoms with Crippen molar-refractivity contribution in [3.63, 3.8) is 0 Å². The van der Waals surface area contributed by atoms with Gasteiger partial charge in [-0.2, -0.15) is 0 Å². The summed E-state index contributed by atoms with van der Waals surface area (Å²) in [5, 5.41) is 2.75. The number of ketones is 1. The van der Waals surface area contributed by atoms with Crippen molar-refractivity contribution in [1.82, 2.24) is 5.32 Å². The molecule has 168 valence electrons. The summed E-state index contributed by atoms with van der Waals surface area (Å²) in [6.07, 6.45) is 0.0514.